The predicted octanol–water partition coefficient (Wildman–Crippen LogP) is 3.62. The van der Waals surface area contributed by atoms with Crippen LogP contribution in [-0.2, 0) is 121 Å². The highest BCUT2D eigenvalue weighted by molar-refractivity contribution is 8.00. The number of nitrogens with zero attached hydrogens (tertiary/aromatic N) is 5. The van der Waals surface area contributed by atoms with Crippen LogP contribution in [0.5, 0.6) is 11.5 Å². The Balaban J connectivity index is 1.13. The van der Waals surface area contributed by atoms with Gasteiger partial charge in [-0.3, -0.25) is 76.7 Å². The van der Waals surface area contributed by atoms with Gasteiger partial charge in [-0.15, -0.1) is 11.8 Å². The molecule has 7 aromatic rings. The van der Waals surface area contributed by atoms with Crippen molar-refractivity contribution in [2.75, 3.05) is 64.2 Å². The minimum atomic E-state index is -4.89. The molecule has 0 spiro atoms. The number of carboxylic acids is 1. The van der Waals surface area contributed by atoms with E-state index in [2.05, 4.69) is 52.8 Å². The minimum Gasteiger partial charge on any atom is -0.508 e. The van der Waals surface area contributed by atoms with Crippen molar-refractivity contribution in [1.82, 2.24) is 72.4 Å². The van der Waals surface area contributed by atoms with Crippen LogP contribution in [0.2, 0.25) is 0 Å². The van der Waals surface area contributed by atoms with Crippen molar-refractivity contribution in [3.8, 4) is 11.5 Å². The monoisotopic (exact) mass is 1860 g/mol. The van der Waals surface area contributed by atoms with Gasteiger partial charge in [0.15, 0.2) is 0 Å². The Kier molecular flexibility index (Phi) is 37.0. The van der Waals surface area contributed by atoms with E-state index in [1.54, 1.807) is 105 Å². The molecule has 2 bridgehead atoms. The number of amides is 15. The SMILES string of the molecule is CCCCC[C@H]1C(=O)N(C)CC(=O)N[C@@H](CC(=O)O)C(=O)N[C@@H](C(C)C)C(=O)N(C)[C@@H](Cc2ccccc2)C(=O)N[C@H]2Cc3ccc(O)cc3N(CC(=O)N[C@@H](Cc3c[nH]c4ccccc34)C(=O)N[C@@H](Cc3ccc(O)cc3)C(=O)N[C@@H](CC(C)C)C(=O)N[C@H](C(=O)NCC(N)=O)CSCC(=O)N[C@@H](Cc3cccc(C(F)(F)F)c3)C(=O)N(C)[C@@H](Cc3ccccc3)C(=O)N1C)C2=O. The average Bonchev–Trinajstić information content (AvgIpc) is 1.17. The molecule has 712 valence electrons. The lowest BCUT2D eigenvalue weighted by Crippen LogP contribution is -2.62. The molecule has 1 saturated heterocycles. The van der Waals surface area contributed by atoms with Crippen molar-refractivity contribution in [2.45, 2.75) is 184 Å². The first-order valence-corrected chi connectivity index (χ1v) is 44.7. The normalized spacial score (nSPS) is 22.0. The molecule has 6 aromatic carbocycles. The Morgan fingerprint density at radius 3 is 1.71 bits per heavy atom. The van der Waals surface area contributed by atoms with E-state index in [-0.39, 0.29) is 67.7 Å². The fourth-order valence-electron chi connectivity index (χ4n) is 15.8. The molecule has 133 heavy (non-hydrogen) atoms. The van der Waals surface area contributed by atoms with Crippen LogP contribution in [0, 0.1) is 11.8 Å². The van der Waals surface area contributed by atoms with E-state index >= 15 is 47.9 Å². The number of halogens is 3. The van der Waals surface area contributed by atoms with Crippen LogP contribution in [0.4, 0.5) is 18.9 Å². The number of nitrogens with one attached hydrogen (secondary N) is 10. The largest absolute Gasteiger partial charge is 0.508 e. The van der Waals surface area contributed by atoms with E-state index in [1.807, 2.05) is 6.92 Å². The Labute approximate surface area is 771 Å². The van der Waals surface area contributed by atoms with Crippen molar-refractivity contribution in [1.29, 1.82) is 0 Å². The molecule has 1 fully saturated rings. The van der Waals surface area contributed by atoms with Crippen LogP contribution < -0.4 is 58.5 Å². The van der Waals surface area contributed by atoms with Crippen LogP contribution >= 0.6 is 11.8 Å². The molecule has 3 heterocycles. The lowest BCUT2D eigenvalue weighted by molar-refractivity contribution is -0.151. The number of fused-ring (bicyclic) bond motifs is 5. The minimum absolute atomic E-state index is 0.0127. The number of para-hydroxylation sites is 1. The maximum absolute atomic E-state index is 15.6. The summed E-state index contributed by atoms with van der Waals surface area (Å²) in [4.78, 5) is 244. The second-order valence-electron chi connectivity index (χ2n) is 34.0. The molecule has 9 rings (SSSR count). The van der Waals surface area contributed by atoms with Gasteiger partial charge < -0.3 is 98.4 Å². The van der Waals surface area contributed by atoms with Crippen molar-refractivity contribution in [3.05, 3.63) is 197 Å². The molecule has 0 aliphatic carbocycles. The molecule has 1 aromatic heterocycles. The Morgan fingerprint density at radius 2 is 1.08 bits per heavy atom. The van der Waals surface area contributed by atoms with Crippen LogP contribution in [0.1, 0.15) is 112 Å². The quantitative estimate of drug-likeness (QED) is 0.0431. The summed E-state index contributed by atoms with van der Waals surface area (Å²) in [6.45, 7) is 5.80. The van der Waals surface area contributed by atoms with Crippen LogP contribution in [-0.4, -0.2) is 260 Å². The molecular weight excluding hydrogens is 1750 g/mol. The number of rotatable bonds is 22. The number of unbranched alkanes of at least 4 members (excludes halogenated alkanes) is 2. The second kappa shape index (κ2) is 47.8. The summed E-state index contributed by atoms with van der Waals surface area (Å²) in [5.41, 5.74) is 6.95. The number of aromatic amines is 1. The summed E-state index contributed by atoms with van der Waals surface area (Å²) in [6, 6.07) is 19.0. The number of anilines is 1. The topological polar surface area (TPSA) is 500 Å². The zero-order valence-electron chi connectivity index (χ0n) is 75.3. The maximum Gasteiger partial charge on any atom is 0.416 e. The Hall–Kier alpha value is -13.9. The molecule has 0 unspecified atom stereocenters. The number of carbonyl (C=O) groups excluding carboxylic acids is 15. The number of phenolic OH excluding ortho intramolecular Hbond substituents is 2. The smallest absolute Gasteiger partial charge is 0.416 e. The summed E-state index contributed by atoms with van der Waals surface area (Å²) < 4.78 is 43.4. The van der Waals surface area contributed by atoms with Crippen molar-refractivity contribution in [3.63, 3.8) is 0 Å². The number of hydrogen-bond donors (Lipinski definition) is 14. The molecule has 39 heteroatoms. The first-order chi connectivity index (χ1) is 63.1. The van der Waals surface area contributed by atoms with Gasteiger partial charge in [0.2, 0.25) is 88.6 Å². The summed E-state index contributed by atoms with van der Waals surface area (Å²) in [7, 11) is 4.95. The summed E-state index contributed by atoms with van der Waals surface area (Å²) in [5, 5.41) is 55.7. The number of H-pyrrole nitrogens is 1. The number of aliphatic carboxylic acids is 1. The molecule has 15 N–H and O–H groups in total. The van der Waals surface area contributed by atoms with Crippen LogP contribution in [0.25, 0.3) is 10.9 Å². The number of likely N-dealkylation sites (N-methyl/N-ethyl adjacent to an activating group) is 4. The highest BCUT2D eigenvalue weighted by Crippen LogP contribution is 2.34. The molecule has 2 aliphatic heterocycles. The van der Waals surface area contributed by atoms with Crippen LogP contribution in [0.3, 0.4) is 0 Å². The number of carbonyl (C=O) groups is 16. The second-order valence-corrected chi connectivity index (χ2v) is 35.0. The third kappa shape index (κ3) is 29.3. The number of alkyl halides is 3. The molecule has 11 atom stereocenters. The van der Waals surface area contributed by atoms with Crippen molar-refractivity contribution in [2.24, 2.45) is 17.6 Å². The molecule has 2 aliphatic rings. The maximum atomic E-state index is 15.6. The van der Waals surface area contributed by atoms with Gasteiger partial charge in [-0.25, -0.2) is 0 Å². The number of primary amides is 1. The number of aromatic hydroxyl groups is 2. The van der Waals surface area contributed by atoms with E-state index in [0.717, 1.165) is 42.7 Å². The van der Waals surface area contributed by atoms with Gasteiger partial charge in [-0.2, -0.15) is 13.2 Å². The predicted molar refractivity (Wildman–Crippen MR) is 486 cm³/mol. The molecule has 35 nitrogen and oxygen atoms in total. The van der Waals surface area contributed by atoms with Crippen LogP contribution in [0.15, 0.2) is 158 Å². The third-order valence-electron chi connectivity index (χ3n) is 22.9. The van der Waals surface area contributed by atoms with Gasteiger partial charge in [0.1, 0.15) is 84.5 Å². The van der Waals surface area contributed by atoms with E-state index in [9.17, 15) is 57.3 Å². The lowest BCUT2D eigenvalue weighted by Gasteiger charge is -2.37. The van der Waals surface area contributed by atoms with E-state index in [0.29, 0.717) is 69.7 Å². The molecular formula is C94H115F3N16O19S. The van der Waals surface area contributed by atoms with E-state index in [4.69, 9.17) is 5.73 Å². The standard InChI is InChI=1S/C94H115F3N16O19S/c1-10-11-14-30-73-91(130)109(6)49-78(117)102-69(46-81(120)121)87(126)108-82(54(4)5)93(132)111(8)75(41-55-22-15-12-16-23-55)88(127)106-71-43-59-33-36-63(115)45-74(59)113(90(71)129)50-79(118)101-68(44-60-47-99-65-29-20-19-28-64(60)65)86(125)105-67(39-57-31-34-62(114)35-32-57)85(124)104-66(37-53(2)3)84(123)107-72(83(122)100-48-77(98)116)51-133-52-80(119)103-70(40-58-26-21-27-61(38-58)94(95,96)97)89(128)112(9)76(92(131)110(73)7)42-56-24-17-13-18-25-56/h12-13,15-29,31-36,38,45,47,53-54,66-73,75-76,82,99,114-115H,10-11,14,30,37,39-44,46,48-52H2,1-9H3,(H2,98,116)(H,100,122)(H,101,118)(H,102,117)(H,103,119)(H,104,124)(H,105,125)(H,106,127)(H,107,123)(H,108,126)(H,120,121)/t66-,67-,68-,69-,70-,71-,72-,73-,75-,76-,82-/m0/s1. The number of phenols is 2. The van der Waals surface area contributed by atoms with Gasteiger partial charge in [0.05, 0.1) is 36.5 Å². The first kappa shape index (κ1) is 103. The molecule has 0 saturated carbocycles. The highest BCUT2D eigenvalue weighted by atomic mass is 32.2. The fourth-order valence-corrected chi connectivity index (χ4v) is 16.6. The zero-order valence-corrected chi connectivity index (χ0v) is 76.1. The van der Waals surface area contributed by atoms with Gasteiger partial charge in [-0.1, -0.05) is 169 Å². The van der Waals surface area contributed by atoms with E-state index < -0.39 is 229 Å². The van der Waals surface area contributed by atoms with E-state index in [1.165, 1.54) is 90.6 Å². The number of carboxylic acid groups (broad SMARTS) is 1. The summed E-state index contributed by atoms with van der Waals surface area (Å²) >= 11 is 0.686. The number of nitrogens with two attached hydrogens (primary N) is 1. The lowest BCUT2D eigenvalue weighted by atomic mass is 9.95. The first-order valence-electron chi connectivity index (χ1n) is 43.6. The van der Waals surface area contributed by atoms with Crippen molar-refractivity contribution < 1.29 is 105 Å². The third-order valence-corrected chi connectivity index (χ3v) is 24.0. The number of thioether (sulfide) groups is 1. The Morgan fingerprint density at radius 1 is 0.526 bits per heavy atom. The van der Waals surface area contributed by atoms with Gasteiger partial charge >= 0.3 is 12.1 Å². The Bertz CT molecular complexity index is 5360. The molecule has 0 radical (unpaired) electrons. The zero-order chi connectivity index (χ0) is 97.2. The fraction of sp³-hybridized carbons (Fsp3) is 0.426. The number of benzene rings is 6. The van der Waals surface area contributed by atoms with Gasteiger partial charge in [0, 0.05) is 95.6 Å². The average molecular weight is 1860 g/mol. The van der Waals surface area contributed by atoms with Gasteiger partial charge in [-0.05, 0) is 88.4 Å². The summed E-state index contributed by atoms with van der Waals surface area (Å²) in [6.07, 6.45) is -5.23. The highest BCUT2D eigenvalue weighted by Gasteiger charge is 2.44. The number of hydrogen-bond acceptors (Lipinski definition) is 19. The van der Waals surface area contributed by atoms with Gasteiger partial charge in [0.25, 0.3) is 0 Å². The number of aromatic nitrogens is 1. The van der Waals surface area contributed by atoms with Crippen molar-refractivity contribution >= 4 is 123 Å². The molecule has 15 amide bonds. The summed E-state index contributed by atoms with van der Waals surface area (Å²) in [5.74, 6) is -19.5.